The molecule has 0 aliphatic carbocycles. The molecule has 36 valence electrons. The third-order valence-corrected chi connectivity index (χ3v) is 0. The van der Waals surface area contributed by atoms with Crippen LogP contribution < -0.4 is 0 Å². The van der Waals surface area contributed by atoms with Crippen LogP contribution in [0.3, 0.4) is 0 Å². The topological polar surface area (TPSA) is 0 Å². The van der Waals surface area contributed by atoms with Gasteiger partial charge in [0, 0.05) is 16.5 Å². The molecule has 0 saturated heterocycles. The molecule has 0 nitrogen and oxygen atoms in total. The number of hydrogen-bond donors (Lipinski definition) is 0. The molecule has 0 aromatic rings. The zero-order valence-electron chi connectivity index (χ0n) is 2.72. The van der Waals surface area contributed by atoms with E-state index in [1.165, 1.54) is 6.08 Å². The molecule has 0 aromatic heterocycles. The fourth-order valence-electron chi connectivity index (χ4n) is 0. The summed E-state index contributed by atoms with van der Waals surface area (Å²) in [6, 6.07) is 0. The van der Waals surface area contributed by atoms with Crippen LogP contribution in [0, 0.1) is 6.92 Å². The first kappa shape index (κ1) is 17.6. The van der Waals surface area contributed by atoms with Gasteiger partial charge in [0.25, 0.3) is 0 Å². The van der Waals surface area contributed by atoms with Crippen molar-refractivity contribution >= 4 is 17.0 Å². The van der Waals surface area contributed by atoms with Gasteiger partial charge in [0.15, 0.2) is 0 Å². The largest absolute Gasteiger partial charge is 0.245 e. The molecule has 0 heterocycles. The summed E-state index contributed by atoms with van der Waals surface area (Å²) >= 11 is 0. The van der Waals surface area contributed by atoms with E-state index in [9.17, 15) is 0 Å². The van der Waals surface area contributed by atoms with E-state index >= 15 is 0 Å². The van der Waals surface area contributed by atoms with Crippen LogP contribution in [0.2, 0.25) is 0 Å². The van der Waals surface area contributed by atoms with Crippen LogP contribution in [-0.4, -0.2) is 0 Å². The van der Waals surface area contributed by atoms with Gasteiger partial charge in [0.05, 0.1) is 0 Å². The second kappa shape index (κ2) is 23.5. The van der Waals surface area contributed by atoms with Gasteiger partial charge in [0.1, 0.15) is 0 Å². The second-order valence-corrected chi connectivity index (χ2v) is 0.289. The van der Waals surface area contributed by atoms with Crippen molar-refractivity contribution in [3.05, 3.63) is 19.6 Å². The van der Waals surface area contributed by atoms with Gasteiger partial charge in [-0.2, -0.15) is 0 Å². The third kappa shape index (κ3) is 89.9. The van der Waals surface area contributed by atoms with Crippen molar-refractivity contribution in [1.29, 1.82) is 0 Å². The third-order valence-electron chi connectivity index (χ3n) is 0. The first-order valence-electron chi connectivity index (χ1n) is 0.816. The molecule has 0 aliphatic heterocycles. The van der Waals surface area contributed by atoms with E-state index in [0.717, 1.165) is 0 Å². The predicted octanol–water partition coefficient (Wildman–Crippen LogP) is 1.58. The molecular formula is C3H6BrNi-. The van der Waals surface area contributed by atoms with Crippen molar-refractivity contribution in [2.24, 2.45) is 0 Å². The van der Waals surface area contributed by atoms with Crippen molar-refractivity contribution in [2.75, 3.05) is 0 Å². The minimum absolute atomic E-state index is 0. The smallest absolute Gasteiger partial charge is 0 e. The normalized spacial score (nSPS) is 2.40. The first-order valence-corrected chi connectivity index (χ1v) is 0.816. The van der Waals surface area contributed by atoms with Gasteiger partial charge in [-0.25, -0.2) is 19.6 Å². The summed E-state index contributed by atoms with van der Waals surface area (Å²) in [7, 11) is 0. The van der Waals surface area contributed by atoms with Crippen molar-refractivity contribution in [1.82, 2.24) is 0 Å². The Balaban J connectivity index is -0.0000000200. The van der Waals surface area contributed by atoms with Crippen LogP contribution in [0.15, 0.2) is 12.7 Å². The summed E-state index contributed by atoms with van der Waals surface area (Å²) in [6.45, 7) is 6.50. The van der Waals surface area contributed by atoms with Crippen LogP contribution in [0.1, 0.15) is 0 Å². The van der Waals surface area contributed by atoms with Crippen molar-refractivity contribution in [3.8, 4) is 0 Å². The second-order valence-electron chi connectivity index (χ2n) is 0.289. The fraction of sp³-hybridized carbons (Fsp3) is 0. The number of rotatable bonds is 0. The average Bonchev–Trinajstić information content (AvgIpc) is 0.918. The number of allylic oxidation sites excluding steroid dienone is 1. The molecule has 0 atom stereocenters. The van der Waals surface area contributed by atoms with E-state index in [1.54, 1.807) is 0 Å². The van der Waals surface area contributed by atoms with Crippen LogP contribution in [0.4, 0.5) is 0 Å². The first-order chi connectivity index (χ1) is 1.41. The van der Waals surface area contributed by atoms with Crippen LogP contribution >= 0.6 is 17.0 Å². The zero-order valence-corrected chi connectivity index (χ0v) is 5.42. The maximum absolute atomic E-state index is 3.25. The monoisotopic (exact) mass is 179 g/mol. The molecule has 0 aromatic carbocycles. The van der Waals surface area contributed by atoms with Crippen molar-refractivity contribution in [3.63, 3.8) is 0 Å². The molecule has 0 bridgehead atoms. The molecule has 0 spiro atoms. The summed E-state index contributed by atoms with van der Waals surface area (Å²) in [6.07, 6.45) is 1.50. The Labute approximate surface area is 53.3 Å². The van der Waals surface area contributed by atoms with Gasteiger partial charge >= 0.3 is 0 Å². The number of halogens is 1. The summed E-state index contributed by atoms with van der Waals surface area (Å²) in [5.74, 6) is 0. The summed E-state index contributed by atoms with van der Waals surface area (Å²) in [5.41, 5.74) is 0. The van der Waals surface area contributed by atoms with Gasteiger partial charge in [-0.1, -0.05) is 0 Å². The van der Waals surface area contributed by atoms with Crippen LogP contribution in [0.5, 0.6) is 0 Å². The van der Waals surface area contributed by atoms with E-state index in [4.69, 9.17) is 0 Å². The molecule has 0 radical (unpaired) electrons. The molecule has 2 heteroatoms. The van der Waals surface area contributed by atoms with Crippen molar-refractivity contribution < 1.29 is 16.5 Å². The Morgan fingerprint density at radius 3 is 1.60 bits per heavy atom. The Bertz CT molecular complexity index is 14.4. The van der Waals surface area contributed by atoms with Gasteiger partial charge in [-0.3, -0.25) is 0 Å². The fourth-order valence-corrected chi connectivity index (χ4v) is 0. The molecule has 0 amide bonds. The van der Waals surface area contributed by atoms with E-state index in [1.807, 2.05) is 0 Å². The molecule has 0 unspecified atom stereocenters. The minimum atomic E-state index is 0. The molecule has 5 heavy (non-hydrogen) atoms. The Morgan fingerprint density at radius 2 is 1.60 bits per heavy atom. The van der Waals surface area contributed by atoms with E-state index in [0.29, 0.717) is 0 Å². The van der Waals surface area contributed by atoms with E-state index in [-0.39, 0.29) is 33.5 Å². The summed E-state index contributed by atoms with van der Waals surface area (Å²) in [5, 5.41) is 0. The van der Waals surface area contributed by atoms with Crippen LogP contribution in [0.25, 0.3) is 0 Å². The van der Waals surface area contributed by atoms with Crippen molar-refractivity contribution in [2.45, 2.75) is 0 Å². The Kier molecular flexibility index (Phi) is 82.5. The van der Waals surface area contributed by atoms with Gasteiger partial charge < -0.3 is 0 Å². The Hall–Kier alpha value is 0.584. The van der Waals surface area contributed by atoms with Gasteiger partial charge in [-0.15, -0.1) is 17.0 Å². The zero-order chi connectivity index (χ0) is 2.71. The number of hydrogen-bond acceptors (Lipinski definition) is 0. The van der Waals surface area contributed by atoms with Crippen LogP contribution in [-0.2, 0) is 16.5 Å². The standard InChI is InChI=1S/C3H5.BrH.Ni/c1-3-2;;/h3H,1-2H2;1H;/q-1;;. The maximum Gasteiger partial charge on any atom is 0 e. The summed E-state index contributed by atoms with van der Waals surface area (Å²) in [4.78, 5) is 0. The average molecular weight is 181 g/mol. The molecule has 0 rings (SSSR count). The van der Waals surface area contributed by atoms with E-state index < -0.39 is 0 Å². The quantitative estimate of drug-likeness (QED) is 0.392. The molecule has 0 fully saturated rings. The maximum atomic E-state index is 3.25. The molecule has 0 saturated carbocycles. The summed E-state index contributed by atoms with van der Waals surface area (Å²) < 4.78 is 0. The molecular weight excluding hydrogens is 175 g/mol. The minimum Gasteiger partial charge on any atom is -0.245 e. The molecule has 0 aliphatic rings. The SMILES string of the molecule is Br.C=C[CH2-].[Ni]. The van der Waals surface area contributed by atoms with E-state index in [2.05, 4.69) is 13.5 Å². The van der Waals surface area contributed by atoms with Gasteiger partial charge in [-0.05, 0) is 0 Å². The predicted molar refractivity (Wildman–Crippen MR) is 25.9 cm³/mol. The molecule has 0 N–H and O–H groups in total. The van der Waals surface area contributed by atoms with Gasteiger partial charge in [0.2, 0.25) is 0 Å². The Morgan fingerprint density at radius 1 is 1.60 bits per heavy atom.